The quantitative estimate of drug-likeness (QED) is 0.0467. The van der Waals surface area contributed by atoms with E-state index in [-0.39, 0.29) is 171 Å². The molecular weight excluding hydrogens is 1130 g/mol. The van der Waals surface area contributed by atoms with Gasteiger partial charge in [-0.3, -0.25) is 48.1 Å². The van der Waals surface area contributed by atoms with Gasteiger partial charge in [0.1, 0.15) is 6.61 Å². The fraction of sp³-hybridized carbons (Fsp3) is 0.246. The van der Waals surface area contributed by atoms with Gasteiger partial charge in [0.15, 0.2) is 23.0 Å². The van der Waals surface area contributed by atoms with E-state index in [0.717, 1.165) is 57.4 Å². The number of hydrogen-bond acceptors (Lipinski definition) is 15. The first-order chi connectivity index (χ1) is 37.3. The molecule has 4 aliphatic rings. The number of carbonyl (C=O) groups is 5. The number of hydrogen-bond donors (Lipinski definition) is 1. The number of aliphatic imine (C=N–C) groups is 2. The molecule has 10 rings (SSSR count). The number of esters is 2. The number of phenols is 1. The number of para-hydroxylation sites is 2. The summed E-state index contributed by atoms with van der Waals surface area (Å²) in [6.45, 7) is 2.34. The SMILES string of the molecule is CCOC(=O)Cc1cccc(CBr)c1.COC(=O)Cc1cccc(COc2cc3c(cc2OC)C(=O)N2c4ccccc4C[C@H]2C=N3)c1.COc1cc2c(cc1O)N=C[C@@H]1Cc3ccccc3N1C2=O.O=CO[O-].[2H]CF.[H-].[K+].[K+]. The van der Waals surface area contributed by atoms with Gasteiger partial charge in [-0.15, -0.1) is 0 Å². The van der Waals surface area contributed by atoms with Gasteiger partial charge in [-0.05, 0) is 64.6 Å². The molecule has 0 saturated heterocycles. The van der Waals surface area contributed by atoms with Crippen molar-refractivity contribution in [1.82, 2.24) is 0 Å². The smallest absolute Gasteiger partial charge is 1.00 e. The fourth-order valence-electron chi connectivity index (χ4n) is 8.71. The maximum absolute atomic E-state index is 13.5. The van der Waals surface area contributed by atoms with Crippen LogP contribution >= 0.6 is 15.9 Å². The number of phenolic OH excluding ortho intramolecular Hbond substituents is 1. The van der Waals surface area contributed by atoms with Gasteiger partial charge in [0, 0.05) is 54.1 Å². The summed E-state index contributed by atoms with van der Waals surface area (Å²) in [7, 11) is 3.37. The van der Waals surface area contributed by atoms with E-state index in [1.807, 2.05) is 110 Å². The number of rotatable bonds is 12. The van der Waals surface area contributed by atoms with Crippen molar-refractivity contribution in [3.05, 3.63) is 166 Å². The molecule has 6 aromatic rings. The topological polar surface area (TPSA) is 215 Å². The molecule has 0 radical (unpaired) electrons. The van der Waals surface area contributed by atoms with Crippen molar-refractivity contribution in [2.45, 2.75) is 56.6 Å². The molecule has 4 aliphatic heterocycles. The van der Waals surface area contributed by atoms with E-state index in [4.69, 9.17) is 35.1 Å². The Morgan fingerprint density at radius 3 is 1.71 bits per heavy atom. The summed E-state index contributed by atoms with van der Waals surface area (Å²) in [5, 5.41) is 19.1. The molecule has 0 aliphatic carbocycles. The molecule has 4 heterocycles. The molecular formula is C57H56BrFK2N4O13. The average Bonchev–Trinajstić information content (AvgIpc) is 4.03. The zero-order valence-corrected chi connectivity index (χ0v) is 51.8. The minimum absolute atomic E-state index is 0. The largest absolute Gasteiger partial charge is 1.00 e. The summed E-state index contributed by atoms with van der Waals surface area (Å²) in [4.78, 5) is 73.1. The van der Waals surface area contributed by atoms with Crippen molar-refractivity contribution in [2.75, 3.05) is 44.9 Å². The van der Waals surface area contributed by atoms with Crippen molar-refractivity contribution in [2.24, 2.45) is 9.98 Å². The second kappa shape index (κ2) is 32.8. The van der Waals surface area contributed by atoms with Gasteiger partial charge in [-0.2, -0.15) is 0 Å². The summed E-state index contributed by atoms with van der Waals surface area (Å²) in [5.41, 5.74) is 9.96. The van der Waals surface area contributed by atoms with Gasteiger partial charge in [0.25, 0.3) is 18.3 Å². The molecule has 0 unspecified atom stereocenters. The van der Waals surface area contributed by atoms with Crippen LogP contribution in [0.1, 0.15) is 63.8 Å². The van der Waals surface area contributed by atoms with Gasteiger partial charge in [-0.25, -0.2) is 0 Å². The number of aromatic hydroxyl groups is 1. The van der Waals surface area contributed by atoms with Crippen LogP contribution < -0.4 is 132 Å². The normalized spacial score (nSPS) is 14.4. The third-order valence-electron chi connectivity index (χ3n) is 12.1. The molecule has 398 valence electrons. The number of ether oxygens (including phenoxy) is 5. The first kappa shape index (κ1) is 63.7. The minimum atomic E-state index is -1.00. The second-order valence-electron chi connectivity index (χ2n) is 16.8. The standard InChI is InChI=1S/C27H24N2O5.C17H14N2O3.C11H13BrO2.CH3F.CH2O3.2K.H/c1-32-24-13-21-22(28-15-20-12-19-8-3-4-9-23(19)29(20)27(21)31)14-25(24)34-16-18-7-5-6-17(10-18)11-26(30)33-2;1-22-16-7-12-13(8-15(16)20)18-9-11-6-10-4-2-3-5-14(10)19(11)17(12)21;1-2-14-11(13)7-9-4-3-5-10(6-9)8-12;1-2;2-1-4-3;;;/h3-10,13-15,20H,11-12,16H2,1-2H3;2-5,7-9,11,20H,6H2,1H3;3-6H,2,7-8H2,1H3;1H3;1,3H;;;/q;;;;;2*+1;-1/p-1/t20-;11-;;;;;;/m00....../s1/i;;;1D;;;;. The monoisotopic (exact) mass is 1180 g/mol. The summed E-state index contributed by atoms with van der Waals surface area (Å²) < 4.78 is 41.8. The zero-order valence-electron chi connectivity index (χ0n) is 46.0. The Bertz CT molecular complexity index is 3140. The summed E-state index contributed by atoms with van der Waals surface area (Å²) in [5.74, 6) is 0.506. The van der Waals surface area contributed by atoms with Crippen LogP contribution in [0.4, 0.5) is 27.1 Å². The second-order valence-corrected chi connectivity index (χ2v) is 17.3. The third kappa shape index (κ3) is 16.7. The van der Waals surface area contributed by atoms with Crippen LogP contribution in [-0.4, -0.2) is 94.9 Å². The van der Waals surface area contributed by atoms with Crippen LogP contribution in [0.25, 0.3) is 0 Å². The van der Waals surface area contributed by atoms with Crippen molar-refractivity contribution in [3.8, 4) is 23.0 Å². The van der Waals surface area contributed by atoms with Gasteiger partial charge in [0.2, 0.25) is 0 Å². The number of anilines is 2. The molecule has 6 aromatic carbocycles. The number of fused-ring (bicyclic) bond motifs is 8. The van der Waals surface area contributed by atoms with Gasteiger partial charge in [0.05, 0.1) is 83.9 Å². The molecule has 2 amide bonds. The van der Waals surface area contributed by atoms with Crippen molar-refractivity contribution in [1.29, 1.82) is 0 Å². The number of nitrogens with zero attached hydrogens (tertiary/aromatic N) is 4. The number of carbonyl (C=O) groups excluding carboxylic acids is 5. The summed E-state index contributed by atoms with van der Waals surface area (Å²) in [6.07, 6.45) is 5.65. The van der Waals surface area contributed by atoms with Gasteiger partial charge >= 0.3 is 115 Å². The van der Waals surface area contributed by atoms with Crippen LogP contribution in [0, 0.1) is 0 Å². The van der Waals surface area contributed by atoms with Gasteiger partial charge < -0.3 is 40.4 Å². The van der Waals surface area contributed by atoms with Crippen molar-refractivity contribution in [3.63, 3.8) is 0 Å². The number of methoxy groups -OCH3 is 3. The number of amides is 2. The van der Waals surface area contributed by atoms with Crippen LogP contribution in [0.15, 0.2) is 131 Å². The first-order valence-corrected chi connectivity index (χ1v) is 24.7. The Morgan fingerprint density at radius 2 is 1.21 bits per heavy atom. The molecule has 0 aromatic heterocycles. The van der Waals surface area contributed by atoms with E-state index in [1.165, 1.54) is 25.8 Å². The average molecular weight is 1180 g/mol. The summed E-state index contributed by atoms with van der Waals surface area (Å²) in [6, 6.07) is 37.5. The predicted molar refractivity (Wildman–Crippen MR) is 287 cm³/mol. The minimum Gasteiger partial charge on any atom is -1.00 e. The van der Waals surface area contributed by atoms with Crippen LogP contribution in [0.2, 0.25) is 0 Å². The zero-order chi connectivity index (χ0) is 55.4. The van der Waals surface area contributed by atoms with Crippen LogP contribution in [0.5, 0.6) is 23.0 Å². The first-order valence-electron chi connectivity index (χ1n) is 24.2. The maximum Gasteiger partial charge on any atom is 1.00 e. The molecule has 0 saturated carbocycles. The van der Waals surface area contributed by atoms with Crippen LogP contribution in [0.3, 0.4) is 0 Å². The Hall–Kier alpha value is -5.15. The fourth-order valence-corrected chi connectivity index (χ4v) is 9.06. The number of benzene rings is 6. The Labute approximate surface area is 547 Å². The van der Waals surface area contributed by atoms with E-state index in [9.17, 15) is 28.7 Å². The number of alkyl halides is 2. The van der Waals surface area contributed by atoms with Gasteiger partial charge in [-0.1, -0.05) is 101 Å². The molecule has 2 atom stereocenters. The van der Waals surface area contributed by atoms with E-state index < -0.39 is 7.15 Å². The molecule has 1 N–H and O–H groups in total. The van der Waals surface area contributed by atoms with Crippen molar-refractivity contribution >= 4 is 81.3 Å². The van der Waals surface area contributed by atoms with E-state index in [0.29, 0.717) is 47.0 Å². The molecule has 0 bridgehead atoms. The van der Waals surface area contributed by atoms with E-state index >= 15 is 0 Å². The number of halogens is 2. The maximum atomic E-state index is 13.5. The Morgan fingerprint density at radius 1 is 0.731 bits per heavy atom. The van der Waals surface area contributed by atoms with E-state index in [2.05, 4.69) is 30.8 Å². The van der Waals surface area contributed by atoms with Crippen molar-refractivity contribution < 1.29 is 173 Å². The van der Waals surface area contributed by atoms with Crippen LogP contribution in [-0.2, 0) is 66.4 Å². The Kier molecular flexibility index (Phi) is 26.8. The molecule has 21 heteroatoms. The Balaban J connectivity index is 0.000000315. The molecule has 0 fully saturated rings. The third-order valence-corrected chi connectivity index (χ3v) is 12.7. The molecule has 78 heavy (non-hydrogen) atoms. The summed E-state index contributed by atoms with van der Waals surface area (Å²) >= 11 is 3.37. The molecule has 17 nitrogen and oxygen atoms in total. The predicted octanol–water partition coefficient (Wildman–Crippen LogP) is 2.79. The molecule has 0 spiro atoms. The van der Waals surface area contributed by atoms with E-state index in [1.54, 1.807) is 41.3 Å².